The van der Waals surface area contributed by atoms with Crippen LogP contribution in [0.25, 0.3) is 0 Å². The van der Waals surface area contributed by atoms with Crippen molar-refractivity contribution in [2.24, 2.45) is 9.98 Å². The number of rotatable bonds is 9. The molecule has 0 spiro atoms. The minimum Gasteiger partial charge on any atom is -0.508 e. The number of nitrogens with zero attached hydrogens (tertiary/aromatic N) is 4. The van der Waals surface area contributed by atoms with E-state index in [1.54, 1.807) is 42.8 Å². The van der Waals surface area contributed by atoms with E-state index in [0.29, 0.717) is 30.0 Å². The van der Waals surface area contributed by atoms with Crippen LogP contribution in [-0.2, 0) is 0 Å². The molecule has 0 amide bonds. The second kappa shape index (κ2) is 14.2. The molecule has 0 radical (unpaired) electrons. The van der Waals surface area contributed by atoms with Crippen LogP contribution in [-0.4, -0.2) is 76.8 Å². The monoisotopic (exact) mass is 502 g/mol. The third-order valence-electron chi connectivity index (χ3n) is 6.20. The normalized spacial score (nSPS) is 16.4. The van der Waals surface area contributed by atoms with Gasteiger partial charge >= 0.3 is 0 Å². The topological polar surface area (TPSA) is 91.9 Å². The van der Waals surface area contributed by atoms with Crippen molar-refractivity contribution in [3.8, 4) is 17.2 Å². The third kappa shape index (κ3) is 7.65. The predicted molar refractivity (Wildman–Crippen MR) is 151 cm³/mol. The molecular weight excluding hydrogens is 464 g/mol. The van der Waals surface area contributed by atoms with Gasteiger partial charge in [0.2, 0.25) is 0 Å². The van der Waals surface area contributed by atoms with Crippen LogP contribution in [0.5, 0.6) is 17.2 Å². The van der Waals surface area contributed by atoms with Crippen LogP contribution in [0.15, 0.2) is 76.7 Å². The Bertz CT molecular complexity index is 1130. The molecule has 7 nitrogen and oxygen atoms in total. The lowest BCUT2D eigenvalue weighted by Crippen LogP contribution is -2.34. The molecule has 0 unspecified atom stereocenters. The molecule has 7 heteroatoms. The molecule has 3 aromatic rings. The first-order valence-corrected chi connectivity index (χ1v) is 12.9. The van der Waals surface area contributed by atoms with E-state index in [2.05, 4.69) is 19.8 Å². The molecule has 0 bridgehead atoms. The first kappa shape index (κ1) is 27.9. The molecule has 37 heavy (non-hydrogen) atoms. The highest BCUT2D eigenvalue weighted by atomic mass is 16.3. The van der Waals surface area contributed by atoms with Crippen molar-refractivity contribution < 1.29 is 15.3 Å². The molecule has 0 aliphatic carbocycles. The van der Waals surface area contributed by atoms with Crippen molar-refractivity contribution >= 4 is 12.4 Å². The van der Waals surface area contributed by atoms with E-state index in [1.807, 2.05) is 57.2 Å². The SMILES string of the molecule is CC.Cc1ccc(C2N(CCN=Cc3ccccc3O)CCN2CCN=Cc2ccccc2O)c(O)c1. The zero-order valence-corrected chi connectivity index (χ0v) is 22.0. The van der Waals surface area contributed by atoms with E-state index in [1.165, 1.54) is 0 Å². The van der Waals surface area contributed by atoms with Crippen LogP contribution in [0.4, 0.5) is 0 Å². The molecule has 1 heterocycles. The quantitative estimate of drug-likeness (QED) is 0.359. The van der Waals surface area contributed by atoms with Crippen LogP contribution < -0.4 is 0 Å². The van der Waals surface area contributed by atoms with Crippen LogP contribution in [0.1, 0.15) is 42.3 Å². The molecule has 4 rings (SSSR count). The Kier molecular flexibility index (Phi) is 10.7. The van der Waals surface area contributed by atoms with Gasteiger partial charge in [0.1, 0.15) is 17.2 Å². The maximum Gasteiger partial charge on any atom is 0.124 e. The molecule has 3 N–H and O–H groups in total. The number of phenolic OH excluding ortho intramolecular Hbond substituents is 3. The highest BCUT2D eigenvalue weighted by Gasteiger charge is 2.34. The van der Waals surface area contributed by atoms with E-state index in [0.717, 1.165) is 37.3 Å². The maximum atomic E-state index is 10.7. The lowest BCUT2D eigenvalue weighted by molar-refractivity contribution is 0.140. The molecule has 0 saturated carbocycles. The molecule has 1 fully saturated rings. The fraction of sp³-hybridized carbons (Fsp3) is 0.333. The van der Waals surface area contributed by atoms with Gasteiger partial charge in [-0.15, -0.1) is 0 Å². The number of para-hydroxylation sites is 2. The summed E-state index contributed by atoms with van der Waals surface area (Å²) in [5, 5.41) is 30.6. The summed E-state index contributed by atoms with van der Waals surface area (Å²) in [5.41, 5.74) is 3.29. The minimum absolute atomic E-state index is 0.0729. The van der Waals surface area contributed by atoms with Crippen molar-refractivity contribution in [3.05, 3.63) is 89.0 Å². The predicted octanol–water partition coefficient (Wildman–Crippen LogP) is 4.99. The van der Waals surface area contributed by atoms with Gasteiger partial charge in [0.05, 0.1) is 19.3 Å². The summed E-state index contributed by atoms with van der Waals surface area (Å²) in [6.07, 6.45) is 3.33. The summed E-state index contributed by atoms with van der Waals surface area (Å²) in [6.45, 7) is 10.3. The number of aliphatic imine (C=N–C) groups is 2. The summed E-state index contributed by atoms with van der Waals surface area (Å²) < 4.78 is 0. The molecule has 1 aliphatic heterocycles. The fourth-order valence-electron chi connectivity index (χ4n) is 4.36. The third-order valence-corrected chi connectivity index (χ3v) is 6.20. The largest absolute Gasteiger partial charge is 0.508 e. The summed E-state index contributed by atoms with van der Waals surface area (Å²) in [6, 6.07) is 20.1. The average Bonchev–Trinajstić information content (AvgIpc) is 3.30. The second-order valence-corrected chi connectivity index (χ2v) is 8.70. The molecule has 1 saturated heterocycles. The Labute approximate surface area is 220 Å². The van der Waals surface area contributed by atoms with E-state index in [4.69, 9.17) is 0 Å². The van der Waals surface area contributed by atoms with E-state index >= 15 is 0 Å². The first-order valence-electron chi connectivity index (χ1n) is 12.9. The number of hydrogen-bond donors (Lipinski definition) is 3. The van der Waals surface area contributed by atoms with Gasteiger partial charge in [-0.2, -0.15) is 0 Å². The van der Waals surface area contributed by atoms with Gasteiger partial charge in [-0.3, -0.25) is 19.8 Å². The molecule has 3 aromatic carbocycles. The summed E-state index contributed by atoms with van der Waals surface area (Å²) in [4.78, 5) is 13.7. The number of hydrogen-bond acceptors (Lipinski definition) is 7. The molecule has 0 aromatic heterocycles. The van der Waals surface area contributed by atoms with Crippen molar-refractivity contribution in [3.63, 3.8) is 0 Å². The van der Waals surface area contributed by atoms with Gasteiger partial charge in [-0.25, -0.2) is 0 Å². The van der Waals surface area contributed by atoms with Gasteiger partial charge < -0.3 is 15.3 Å². The summed E-state index contributed by atoms with van der Waals surface area (Å²) in [7, 11) is 0. The zero-order chi connectivity index (χ0) is 26.6. The van der Waals surface area contributed by atoms with Crippen LogP contribution in [0.2, 0.25) is 0 Å². The van der Waals surface area contributed by atoms with Gasteiger partial charge in [0.25, 0.3) is 0 Å². The second-order valence-electron chi connectivity index (χ2n) is 8.70. The van der Waals surface area contributed by atoms with Gasteiger partial charge in [0, 0.05) is 55.3 Å². The molecule has 0 atom stereocenters. The maximum absolute atomic E-state index is 10.7. The van der Waals surface area contributed by atoms with Gasteiger partial charge in [-0.05, 0) is 42.8 Å². The Morgan fingerprint density at radius 2 is 1.22 bits per heavy atom. The molecular formula is C30H38N4O3. The van der Waals surface area contributed by atoms with Crippen molar-refractivity contribution in [2.75, 3.05) is 39.3 Å². The van der Waals surface area contributed by atoms with Crippen LogP contribution >= 0.6 is 0 Å². The summed E-state index contributed by atoms with van der Waals surface area (Å²) >= 11 is 0. The van der Waals surface area contributed by atoms with Crippen molar-refractivity contribution in [2.45, 2.75) is 26.9 Å². The Morgan fingerprint density at radius 3 is 1.68 bits per heavy atom. The number of phenols is 3. The minimum atomic E-state index is -0.0729. The van der Waals surface area contributed by atoms with Gasteiger partial charge in [0.15, 0.2) is 0 Å². The molecule has 196 valence electrons. The average molecular weight is 503 g/mol. The number of aromatic hydroxyl groups is 3. The Morgan fingerprint density at radius 1 is 0.730 bits per heavy atom. The first-order chi connectivity index (χ1) is 18.0. The Hall–Kier alpha value is -3.68. The van der Waals surface area contributed by atoms with E-state index in [-0.39, 0.29) is 17.7 Å². The zero-order valence-electron chi connectivity index (χ0n) is 22.0. The van der Waals surface area contributed by atoms with Crippen LogP contribution in [0, 0.1) is 6.92 Å². The standard InChI is InChI=1S/C28H32N4O3.C2H6/c1-21-10-11-24(27(35)18-21)28-31(14-12-29-19-22-6-2-4-8-25(22)33)16-17-32(28)15-13-30-20-23-7-3-5-9-26(23)34;1-2/h2-11,18-20,28,33-35H,12-17H2,1H3;1-2H3. The Balaban J connectivity index is 0.00000186. The number of aryl methyl sites for hydroxylation is 1. The molecule has 1 aliphatic rings. The number of benzene rings is 3. The highest BCUT2D eigenvalue weighted by Crippen LogP contribution is 2.35. The highest BCUT2D eigenvalue weighted by molar-refractivity contribution is 5.83. The fourth-order valence-corrected chi connectivity index (χ4v) is 4.36. The van der Waals surface area contributed by atoms with E-state index in [9.17, 15) is 15.3 Å². The lowest BCUT2D eigenvalue weighted by Gasteiger charge is -2.30. The lowest BCUT2D eigenvalue weighted by atomic mass is 10.1. The summed E-state index contributed by atoms with van der Waals surface area (Å²) in [5.74, 6) is 0.730. The van der Waals surface area contributed by atoms with E-state index < -0.39 is 0 Å². The van der Waals surface area contributed by atoms with Crippen LogP contribution in [0.3, 0.4) is 0 Å². The smallest absolute Gasteiger partial charge is 0.124 e. The van der Waals surface area contributed by atoms with Crippen molar-refractivity contribution in [1.82, 2.24) is 9.80 Å². The van der Waals surface area contributed by atoms with Gasteiger partial charge in [-0.1, -0.05) is 50.2 Å². The van der Waals surface area contributed by atoms with Crippen molar-refractivity contribution in [1.29, 1.82) is 0 Å².